The van der Waals surface area contributed by atoms with Crippen molar-refractivity contribution in [1.29, 1.82) is 0 Å². The lowest BCUT2D eigenvalue weighted by atomic mass is 9.75. The van der Waals surface area contributed by atoms with Crippen LogP contribution < -0.4 is 10.1 Å². The summed E-state index contributed by atoms with van der Waals surface area (Å²) in [7, 11) is 0. The van der Waals surface area contributed by atoms with Crippen molar-refractivity contribution in [2.75, 3.05) is 5.32 Å². The second-order valence-electron chi connectivity index (χ2n) is 6.68. The van der Waals surface area contributed by atoms with Crippen LogP contribution in [0.4, 0.5) is 5.69 Å². The minimum absolute atomic E-state index is 0.0569. The summed E-state index contributed by atoms with van der Waals surface area (Å²) < 4.78 is 5.31. The first kappa shape index (κ1) is 19.2. The van der Waals surface area contributed by atoms with Crippen LogP contribution in [-0.4, -0.2) is 11.9 Å². The Hall–Kier alpha value is -1.56. The summed E-state index contributed by atoms with van der Waals surface area (Å²) >= 11 is 13.8. The van der Waals surface area contributed by atoms with E-state index in [4.69, 9.17) is 27.9 Å². The van der Waals surface area contributed by atoms with E-state index < -0.39 is 11.4 Å². The molecular formula is C19H19Cl2NO3S. The first-order valence-corrected chi connectivity index (χ1v) is 10.1. The quantitative estimate of drug-likeness (QED) is 0.482. The lowest BCUT2D eigenvalue weighted by Crippen LogP contribution is -2.35. The van der Waals surface area contributed by atoms with Crippen LogP contribution in [0.2, 0.25) is 10.0 Å². The van der Waals surface area contributed by atoms with Crippen molar-refractivity contribution in [3.8, 4) is 5.75 Å². The average molecular weight is 412 g/mol. The third-order valence-corrected chi connectivity index (χ3v) is 6.44. The third-order valence-electron chi connectivity index (χ3n) is 4.73. The predicted octanol–water partition coefficient (Wildman–Crippen LogP) is 6.18. The Morgan fingerprint density at radius 3 is 2.50 bits per heavy atom. The Morgan fingerprint density at radius 2 is 1.85 bits per heavy atom. The predicted molar refractivity (Wildman–Crippen MR) is 106 cm³/mol. The maximum Gasteiger partial charge on any atom is 0.353 e. The Balaban J connectivity index is 1.75. The maximum absolute atomic E-state index is 12.7. The van der Waals surface area contributed by atoms with Crippen LogP contribution in [-0.2, 0) is 4.79 Å². The summed E-state index contributed by atoms with van der Waals surface area (Å²) in [6, 6.07) is 6.58. The molecule has 0 bridgehead atoms. The van der Waals surface area contributed by atoms with Gasteiger partial charge < -0.3 is 10.1 Å². The van der Waals surface area contributed by atoms with Crippen LogP contribution in [0.5, 0.6) is 5.75 Å². The molecule has 0 aliphatic heterocycles. The van der Waals surface area contributed by atoms with E-state index in [1.165, 1.54) is 17.8 Å². The van der Waals surface area contributed by atoms with E-state index in [1.54, 1.807) is 29.6 Å². The second-order valence-corrected chi connectivity index (χ2v) is 8.39. The fourth-order valence-corrected chi connectivity index (χ4v) is 4.09. The SMILES string of the molecule is CC1(C(=O)Nc2ccc(OC(=O)c3cccs3)c(Cl)c2Cl)CCCCC1. The van der Waals surface area contributed by atoms with Gasteiger partial charge in [-0.1, -0.05) is 55.5 Å². The Morgan fingerprint density at radius 1 is 1.12 bits per heavy atom. The monoisotopic (exact) mass is 411 g/mol. The lowest BCUT2D eigenvalue weighted by Gasteiger charge is -2.32. The zero-order valence-electron chi connectivity index (χ0n) is 14.3. The molecule has 1 fully saturated rings. The highest BCUT2D eigenvalue weighted by molar-refractivity contribution is 7.12. The molecule has 1 aromatic heterocycles. The molecule has 1 amide bonds. The van der Waals surface area contributed by atoms with Gasteiger partial charge in [-0.2, -0.15) is 0 Å². The molecule has 4 nitrogen and oxygen atoms in total. The smallest absolute Gasteiger partial charge is 0.353 e. The van der Waals surface area contributed by atoms with Gasteiger partial charge in [0.2, 0.25) is 5.91 Å². The van der Waals surface area contributed by atoms with Gasteiger partial charge in [0, 0.05) is 5.41 Å². The molecule has 138 valence electrons. The summed E-state index contributed by atoms with van der Waals surface area (Å²) in [6.07, 6.45) is 4.99. The number of hydrogen-bond donors (Lipinski definition) is 1. The summed E-state index contributed by atoms with van der Waals surface area (Å²) in [6.45, 7) is 1.98. The van der Waals surface area contributed by atoms with E-state index in [1.807, 2.05) is 6.92 Å². The first-order chi connectivity index (χ1) is 12.4. The zero-order chi connectivity index (χ0) is 18.7. The lowest BCUT2D eigenvalue weighted by molar-refractivity contribution is -0.126. The Kier molecular flexibility index (Phi) is 5.90. The topological polar surface area (TPSA) is 55.4 Å². The van der Waals surface area contributed by atoms with Gasteiger partial charge in [0.1, 0.15) is 9.90 Å². The third kappa shape index (κ3) is 4.05. The van der Waals surface area contributed by atoms with Crippen LogP contribution in [0.15, 0.2) is 29.6 Å². The van der Waals surface area contributed by atoms with Crippen molar-refractivity contribution in [2.24, 2.45) is 5.41 Å². The molecule has 0 radical (unpaired) electrons. The number of benzene rings is 1. The van der Waals surface area contributed by atoms with E-state index in [0.29, 0.717) is 10.6 Å². The molecule has 7 heteroatoms. The van der Waals surface area contributed by atoms with E-state index >= 15 is 0 Å². The standard InChI is InChI=1S/C19H19Cl2NO3S/c1-19(9-3-2-4-10-19)18(24)22-12-7-8-13(16(21)15(12)20)25-17(23)14-6-5-11-26-14/h5-8,11H,2-4,9-10H2,1H3,(H,22,24). The second kappa shape index (κ2) is 7.99. The van der Waals surface area contributed by atoms with Gasteiger partial charge in [-0.25, -0.2) is 4.79 Å². The molecule has 0 unspecified atom stereocenters. The van der Waals surface area contributed by atoms with Gasteiger partial charge in [0.25, 0.3) is 0 Å². The average Bonchev–Trinajstić information content (AvgIpc) is 3.16. The van der Waals surface area contributed by atoms with Gasteiger partial charge in [-0.15, -0.1) is 11.3 Å². The number of amides is 1. The van der Waals surface area contributed by atoms with Crippen LogP contribution in [0.3, 0.4) is 0 Å². The summed E-state index contributed by atoms with van der Waals surface area (Å²) in [5, 5.41) is 4.93. The van der Waals surface area contributed by atoms with E-state index in [2.05, 4.69) is 5.32 Å². The number of thiophene rings is 1. The van der Waals surface area contributed by atoms with Gasteiger partial charge in [0.05, 0.1) is 10.7 Å². The molecule has 0 atom stereocenters. The van der Waals surface area contributed by atoms with Gasteiger partial charge in [0.15, 0.2) is 5.75 Å². The molecule has 1 heterocycles. The highest BCUT2D eigenvalue weighted by Gasteiger charge is 2.35. The molecule has 26 heavy (non-hydrogen) atoms. The summed E-state index contributed by atoms with van der Waals surface area (Å²) in [5.74, 6) is -0.389. The summed E-state index contributed by atoms with van der Waals surface area (Å²) in [4.78, 5) is 25.2. The van der Waals surface area contributed by atoms with Crippen LogP contribution >= 0.6 is 34.5 Å². The fourth-order valence-electron chi connectivity index (χ4n) is 3.08. The zero-order valence-corrected chi connectivity index (χ0v) is 16.6. The van der Waals surface area contributed by atoms with Crippen molar-refractivity contribution >= 4 is 52.1 Å². The molecule has 3 rings (SSSR count). The number of nitrogens with one attached hydrogen (secondary N) is 1. The number of hydrogen-bond acceptors (Lipinski definition) is 4. The number of ether oxygens (including phenoxy) is 1. The highest BCUT2D eigenvalue weighted by atomic mass is 35.5. The molecule has 1 aromatic carbocycles. The first-order valence-electron chi connectivity index (χ1n) is 8.46. The van der Waals surface area contributed by atoms with Crippen LogP contribution in [0, 0.1) is 5.41 Å². The van der Waals surface area contributed by atoms with Crippen molar-refractivity contribution < 1.29 is 14.3 Å². The fraction of sp³-hybridized carbons (Fsp3) is 0.368. The van der Waals surface area contributed by atoms with Crippen molar-refractivity contribution in [3.63, 3.8) is 0 Å². The molecule has 1 aliphatic rings. The van der Waals surface area contributed by atoms with Crippen molar-refractivity contribution in [1.82, 2.24) is 0 Å². The molecular weight excluding hydrogens is 393 g/mol. The van der Waals surface area contributed by atoms with E-state index in [0.717, 1.165) is 25.7 Å². The van der Waals surface area contributed by atoms with Crippen LogP contribution in [0.25, 0.3) is 0 Å². The number of carbonyl (C=O) groups excluding carboxylic acids is 2. The highest BCUT2D eigenvalue weighted by Crippen LogP contribution is 2.41. The molecule has 0 saturated heterocycles. The number of halogens is 2. The molecule has 1 aliphatic carbocycles. The molecule has 1 N–H and O–H groups in total. The number of esters is 1. The van der Waals surface area contributed by atoms with Crippen molar-refractivity contribution in [2.45, 2.75) is 39.0 Å². The normalized spacial score (nSPS) is 16.1. The number of anilines is 1. The van der Waals surface area contributed by atoms with Gasteiger partial charge >= 0.3 is 5.97 Å². The van der Waals surface area contributed by atoms with E-state index in [-0.39, 0.29) is 21.7 Å². The Labute approximate surface area is 166 Å². The number of carbonyl (C=O) groups is 2. The van der Waals surface area contributed by atoms with Crippen molar-refractivity contribution in [3.05, 3.63) is 44.6 Å². The van der Waals surface area contributed by atoms with E-state index in [9.17, 15) is 9.59 Å². The van der Waals surface area contributed by atoms with Crippen LogP contribution in [0.1, 0.15) is 48.7 Å². The van der Waals surface area contributed by atoms with Gasteiger partial charge in [-0.05, 0) is 36.4 Å². The molecule has 2 aromatic rings. The maximum atomic E-state index is 12.7. The number of rotatable bonds is 4. The Bertz CT molecular complexity index is 814. The molecule has 1 saturated carbocycles. The minimum Gasteiger partial charge on any atom is -0.421 e. The largest absolute Gasteiger partial charge is 0.421 e. The van der Waals surface area contributed by atoms with Gasteiger partial charge in [-0.3, -0.25) is 4.79 Å². The summed E-state index contributed by atoms with van der Waals surface area (Å²) in [5.41, 5.74) is 0.0302. The molecule has 0 spiro atoms. The minimum atomic E-state index is -0.496.